The van der Waals surface area contributed by atoms with E-state index in [4.69, 9.17) is 10.2 Å². The molecule has 0 bridgehead atoms. The van der Waals surface area contributed by atoms with Crippen molar-refractivity contribution in [3.05, 3.63) is 49.6 Å². The fourth-order valence-corrected chi connectivity index (χ4v) is 3.18. The lowest BCUT2D eigenvalue weighted by atomic mass is 9.96. The maximum atomic E-state index is 9.47. The van der Waals surface area contributed by atoms with Crippen LogP contribution in [0.25, 0.3) is 17.2 Å². The van der Waals surface area contributed by atoms with E-state index >= 15 is 0 Å². The van der Waals surface area contributed by atoms with Gasteiger partial charge in [-0.2, -0.15) is 10.5 Å². The molecule has 0 saturated heterocycles. The number of furan rings is 1. The topological polar surface area (TPSA) is 99.6 Å². The number of anilines is 1. The molecular formula is C17H11IN4O. The fourth-order valence-electron chi connectivity index (χ4n) is 2.74. The lowest BCUT2D eigenvalue weighted by Crippen LogP contribution is -2.03. The summed E-state index contributed by atoms with van der Waals surface area (Å²) in [6.45, 7) is 3.68. The summed E-state index contributed by atoms with van der Waals surface area (Å²) in [5.74, 6) is 0.835. The zero-order chi connectivity index (χ0) is 16.7. The number of nitriles is 2. The summed E-state index contributed by atoms with van der Waals surface area (Å²) in [6.07, 6.45) is 1.87. The number of halogens is 1. The maximum Gasteiger partial charge on any atom is 0.164 e. The van der Waals surface area contributed by atoms with Crippen molar-refractivity contribution in [2.45, 2.75) is 13.8 Å². The fraction of sp³-hybridized carbons (Fsp3) is 0.118. The zero-order valence-electron chi connectivity index (χ0n) is 12.4. The number of fused-ring (bicyclic) bond motifs is 1. The standard InChI is InChI=1S/C17H11IN4O/c1-8-11(5-10-3-4-14(18)23-10)15-9(2)13(7-20)17(21)22-16(15)12(8)6-19/h3-5H,1-2H3,(H2,21,22)/b11-5+. The molecule has 2 aromatic rings. The van der Waals surface area contributed by atoms with Gasteiger partial charge in [-0.25, -0.2) is 4.98 Å². The van der Waals surface area contributed by atoms with Crippen molar-refractivity contribution in [1.82, 2.24) is 4.98 Å². The van der Waals surface area contributed by atoms with Gasteiger partial charge in [-0.1, -0.05) is 0 Å². The van der Waals surface area contributed by atoms with Crippen LogP contribution in [0.5, 0.6) is 0 Å². The highest BCUT2D eigenvalue weighted by molar-refractivity contribution is 14.1. The molecule has 0 atom stereocenters. The van der Waals surface area contributed by atoms with E-state index in [0.29, 0.717) is 22.6 Å². The number of allylic oxidation sites excluding steroid dienone is 3. The normalized spacial score (nSPS) is 14.7. The molecule has 3 rings (SSSR count). The molecule has 1 aliphatic carbocycles. The Kier molecular flexibility index (Phi) is 3.70. The average Bonchev–Trinajstić information content (AvgIpc) is 3.02. The van der Waals surface area contributed by atoms with Gasteiger partial charge in [-0.15, -0.1) is 0 Å². The zero-order valence-corrected chi connectivity index (χ0v) is 14.6. The number of nitrogens with zero attached hydrogens (tertiary/aromatic N) is 3. The Morgan fingerprint density at radius 1 is 1.26 bits per heavy atom. The molecule has 2 heterocycles. The van der Waals surface area contributed by atoms with Gasteiger partial charge in [0.15, 0.2) is 3.77 Å². The van der Waals surface area contributed by atoms with E-state index in [0.717, 1.165) is 26.0 Å². The van der Waals surface area contributed by atoms with Gasteiger partial charge >= 0.3 is 0 Å². The van der Waals surface area contributed by atoms with Crippen LogP contribution in [0.15, 0.2) is 22.1 Å². The van der Waals surface area contributed by atoms with Crippen LogP contribution in [0.3, 0.4) is 0 Å². The monoisotopic (exact) mass is 414 g/mol. The minimum atomic E-state index is 0.151. The molecule has 0 aromatic carbocycles. The lowest BCUT2D eigenvalue weighted by molar-refractivity contribution is 0.528. The molecule has 0 radical (unpaired) electrons. The molecule has 0 fully saturated rings. The van der Waals surface area contributed by atoms with Gasteiger partial charge in [0.1, 0.15) is 23.7 Å². The second-order valence-corrected chi connectivity index (χ2v) is 6.21. The number of nitrogen functional groups attached to an aromatic ring is 1. The van der Waals surface area contributed by atoms with E-state index in [1.165, 1.54) is 0 Å². The minimum absolute atomic E-state index is 0.151. The Balaban J connectivity index is 2.34. The number of pyridine rings is 1. The van der Waals surface area contributed by atoms with Crippen molar-refractivity contribution in [3.8, 4) is 12.1 Å². The van der Waals surface area contributed by atoms with Gasteiger partial charge in [-0.05, 0) is 71.4 Å². The summed E-state index contributed by atoms with van der Waals surface area (Å²) in [7, 11) is 0. The Bertz CT molecular complexity index is 983. The largest absolute Gasteiger partial charge is 0.451 e. The predicted octanol–water partition coefficient (Wildman–Crippen LogP) is 3.89. The lowest BCUT2D eigenvalue weighted by Gasteiger charge is -2.10. The summed E-state index contributed by atoms with van der Waals surface area (Å²) in [5, 5.41) is 18.8. The molecule has 0 saturated carbocycles. The number of aromatic nitrogens is 1. The van der Waals surface area contributed by atoms with E-state index in [1.807, 2.05) is 32.1 Å². The molecule has 0 aliphatic heterocycles. The van der Waals surface area contributed by atoms with Crippen LogP contribution in [0.1, 0.15) is 35.1 Å². The summed E-state index contributed by atoms with van der Waals surface area (Å²) in [4.78, 5) is 4.29. The Morgan fingerprint density at radius 2 is 2.00 bits per heavy atom. The molecule has 0 spiro atoms. The molecule has 6 heteroatoms. The first-order valence-electron chi connectivity index (χ1n) is 6.77. The van der Waals surface area contributed by atoms with Crippen LogP contribution in [0, 0.1) is 33.4 Å². The molecule has 112 valence electrons. The Morgan fingerprint density at radius 3 is 2.57 bits per heavy atom. The maximum absolute atomic E-state index is 9.47. The summed E-state index contributed by atoms with van der Waals surface area (Å²) in [6, 6.07) is 8.00. The van der Waals surface area contributed by atoms with Gasteiger partial charge in [0.05, 0.1) is 16.8 Å². The number of nitrogens with two attached hydrogens (primary N) is 1. The average molecular weight is 414 g/mol. The SMILES string of the molecule is CC1=C(C#N)c2nc(N)c(C#N)c(C)c2/C1=C/c1ccc(I)o1. The van der Waals surface area contributed by atoms with Crippen molar-refractivity contribution >= 4 is 45.6 Å². The predicted molar refractivity (Wildman–Crippen MR) is 95.6 cm³/mol. The highest BCUT2D eigenvalue weighted by Crippen LogP contribution is 2.44. The van der Waals surface area contributed by atoms with E-state index in [-0.39, 0.29) is 5.82 Å². The van der Waals surface area contributed by atoms with Crippen LogP contribution in [0.4, 0.5) is 5.82 Å². The molecule has 23 heavy (non-hydrogen) atoms. The molecule has 0 amide bonds. The second kappa shape index (κ2) is 5.56. The van der Waals surface area contributed by atoms with Crippen LogP contribution in [-0.2, 0) is 0 Å². The first kappa shape index (κ1) is 15.3. The molecular weight excluding hydrogens is 403 g/mol. The van der Waals surface area contributed by atoms with Crippen molar-refractivity contribution in [2.75, 3.05) is 5.73 Å². The van der Waals surface area contributed by atoms with Crippen molar-refractivity contribution in [1.29, 1.82) is 10.5 Å². The first-order chi connectivity index (χ1) is 11.0. The Labute approximate surface area is 146 Å². The number of hydrogen-bond donors (Lipinski definition) is 1. The van der Waals surface area contributed by atoms with Crippen LogP contribution in [0.2, 0.25) is 0 Å². The van der Waals surface area contributed by atoms with Gasteiger partial charge in [0, 0.05) is 5.56 Å². The van der Waals surface area contributed by atoms with E-state index in [9.17, 15) is 10.5 Å². The van der Waals surface area contributed by atoms with E-state index in [2.05, 4.69) is 39.7 Å². The van der Waals surface area contributed by atoms with Crippen LogP contribution >= 0.6 is 22.6 Å². The van der Waals surface area contributed by atoms with Crippen molar-refractivity contribution in [3.63, 3.8) is 0 Å². The molecule has 2 N–H and O–H groups in total. The highest BCUT2D eigenvalue weighted by Gasteiger charge is 2.29. The summed E-state index contributed by atoms with van der Waals surface area (Å²) >= 11 is 2.09. The number of rotatable bonds is 1. The van der Waals surface area contributed by atoms with Gasteiger partial charge in [0.2, 0.25) is 0 Å². The summed E-state index contributed by atoms with van der Waals surface area (Å²) in [5.41, 5.74) is 10.4. The van der Waals surface area contributed by atoms with Gasteiger partial charge < -0.3 is 10.2 Å². The highest BCUT2D eigenvalue weighted by atomic mass is 127. The third-order valence-corrected chi connectivity index (χ3v) is 4.44. The minimum Gasteiger partial charge on any atom is -0.451 e. The van der Waals surface area contributed by atoms with E-state index < -0.39 is 0 Å². The quantitative estimate of drug-likeness (QED) is 0.714. The Hall–Kier alpha value is -2.58. The summed E-state index contributed by atoms with van der Waals surface area (Å²) < 4.78 is 6.37. The molecule has 2 aromatic heterocycles. The van der Waals surface area contributed by atoms with Crippen molar-refractivity contribution < 1.29 is 4.42 Å². The van der Waals surface area contributed by atoms with E-state index in [1.54, 1.807) is 0 Å². The second-order valence-electron chi connectivity index (χ2n) is 5.14. The number of hydrogen-bond acceptors (Lipinski definition) is 5. The van der Waals surface area contributed by atoms with Crippen molar-refractivity contribution in [2.24, 2.45) is 0 Å². The third-order valence-electron chi connectivity index (χ3n) is 3.86. The smallest absolute Gasteiger partial charge is 0.164 e. The van der Waals surface area contributed by atoms with Gasteiger partial charge in [0.25, 0.3) is 0 Å². The molecule has 1 aliphatic rings. The molecule has 0 unspecified atom stereocenters. The molecule has 5 nitrogen and oxygen atoms in total. The third kappa shape index (κ3) is 2.32. The van der Waals surface area contributed by atoms with Gasteiger partial charge in [-0.3, -0.25) is 0 Å². The van der Waals surface area contributed by atoms with Crippen LogP contribution < -0.4 is 5.73 Å². The first-order valence-corrected chi connectivity index (χ1v) is 7.85. The van der Waals surface area contributed by atoms with Crippen LogP contribution in [-0.4, -0.2) is 4.98 Å².